The molecule has 10 heteroatoms. The molecule has 2 atom stereocenters. The Morgan fingerprint density at radius 2 is 0.789 bits per heavy atom. The Morgan fingerprint density at radius 1 is 0.526 bits per heavy atom. The van der Waals surface area contributed by atoms with E-state index in [0.29, 0.717) is 34.9 Å². The largest absolute Gasteiger partial charge is 0.481 e. The Labute approximate surface area is 229 Å². The third-order valence-corrected chi connectivity index (χ3v) is 5.92. The number of carbonyl (C=O) groups is 4. The van der Waals surface area contributed by atoms with Crippen molar-refractivity contribution in [1.82, 2.24) is 0 Å². The van der Waals surface area contributed by atoms with Gasteiger partial charge in [-0.05, 0) is 12.8 Å². The van der Waals surface area contributed by atoms with Crippen LogP contribution in [0.15, 0.2) is 0 Å². The molecule has 0 saturated heterocycles. The minimum absolute atomic E-state index is 0.171. The van der Waals surface area contributed by atoms with Crippen LogP contribution in [0.1, 0.15) is 89.9 Å². The van der Waals surface area contributed by atoms with E-state index in [1.807, 2.05) is 42.3 Å². The van der Waals surface area contributed by atoms with Gasteiger partial charge in [-0.3, -0.25) is 19.2 Å². The second-order valence-corrected chi connectivity index (χ2v) is 12.4. The van der Waals surface area contributed by atoms with Crippen molar-refractivity contribution < 1.29 is 47.8 Å². The molecule has 0 aliphatic rings. The summed E-state index contributed by atoms with van der Waals surface area (Å²) in [5.41, 5.74) is 0. The molecule has 0 radical (unpaired) electrons. The smallest absolute Gasteiger partial charge is 0.307 e. The van der Waals surface area contributed by atoms with Crippen LogP contribution < -0.4 is 0 Å². The van der Waals surface area contributed by atoms with Crippen molar-refractivity contribution >= 4 is 23.9 Å². The summed E-state index contributed by atoms with van der Waals surface area (Å²) in [5, 5.41) is 18.1. The average Bonchev–Trinajstić information content (AvgIpc) is 2.70. The van der Waals surface area contributed by atoms with Crippen molar-refractivity contribution in [2.45, 2.75) is 102 Å². The molecule has 10 nitrogen and oxygen atoms in total. The number of esters is 2. The number of carbonyl (C=O) groups excluding carboxylic acids is 2. The molecule has 0 aromatic carbocycles. The second kappa shape index (κ2) is 19.0. The number of rotatable bonds is 23. The average molecular weight is 547 g/mol. The highest BCUT2D eigenvalue weighted by molar-refractivity contribution is 5.72. The van der Waals surface area contributed by atoms with Gasteiger partial charge in [0.05, 0.1) is 55.1 Å². The van der Waals surface area contributed by atoms with Gasteiger partial charge in [-0.1, -0.05) is 51.4 Å². The van der Waals surface area contributed by atoms with E-state index in [0.717, 1.165) is 64.2 Å². The molecule has 0 aromatic rings. The molecule has 0 aliphatic carbocycles. The van der Waals surface area contributed by atoms with Crippen molar-refractivity contribution in [2.24, 2.45) is 0 Å². The molecule has 222 valence electrons. The van der Waals surface area contributed by atoms with E-state index in [4.69, 9.17) is 19.7 Å². The Hall–Kier alpha value is -2.20. The summed E-state index contributed by atoms with van der Waals surface area (Å²) in [6, 6.07) is 0. The van der Waals surface area contributed by atoms with Gasteiger partial charge in [-0.15, -0.1) is 0 Å². The van der Waals surface area contributed by atoms with Crippen molar-refractivity contribution in [1.29, 1.82) is 0 Å². The molecule has 38 heavy (non-hydrogen) atoms. The summed E-state index contributed by atoms with van der Waals surface area (Å²) < 4.78 is 11.9. The lowest BCUT2D eigenvalue weighted by Gasteiger charge is -2.28. The Morgan fingerprint density at radius 3 is 1.03 bits per heavy atom. The maximum Gasteiger partial charge on any atom is 0.307 e. The third kappa shape index (κ3) is 24.2. The van der Waals surface area contributed by atoms with Crippen LogP contribution in [0.2, 0.25) is 0 Å². The lowest BCUT2D eigenvalue weighted by atomic mass is 10.1. The normalized spacial score (nSPS) is 13.5. The highest BCUT2D eigenvalue weighted by Crippen LogP contribution is 2.14. The van der Waals surface area contributed by atoms with Gasteiger partial charge < -0.3 is 28.7 Å². The highest BCUT2D eigenvalue weighted by Gasteiger charge is 2.25. The highest BCUT2D eigenvalue weighted by atomic mass is 16.5. The first kappa shape index (κ1) is 35.8. The van der Waals surface area contributed by atoms with Crippen LogP contribution in [-0.4, -0.2) is 111 Å². The zero-order valence-electron chi connectivity index (χ0n) is 24.7. The van der Waals surface area contributed by atoms with Gasteiger partial charge in [-0.25, -0.2) is 0 Å². The topological polar surface area (TPSA) is 127 Å². The lowest BCUT2D eigenvalue weighted by molar-refractivity contribution is -0.873. The van der Waals surface area contributed by atoms with E-state index < -0.39 is 24.1 Å². The SMILES string of the molecule is C[N+](C)(C)CC(CC(=O)O)OC(=O)CCCCCCCCCCCCC(=O)OC(CC(=O)O)C[N+](C)(C)C. The van der Waals surface area contributed by atoms with Gasteiger partial charge in [0, 0.05) is 12.8 Å². The van der Waals surface area contributed by atoms with E-state index in [1.165, 1.54) is 0 Å². The number of quaternary nitrogens is 2. The molecular weight excluding hydrogens is 492 g/mol. The molecule has 0 bridgehead atoms. The number of nitrogens with zero attached hydrogens (tertiary/aromatic N) is 2. The minimum atomic E-state index is -0.962. The van der Waals surface area contributed by atoms with Gasteiger partial charge >= 0.3 is 23.9 Å². The number of hydrogen-bond acceptors (Lipinski definition) is 6. The first-order valence-corrected chi connectivity index (χ1v) is 14.0. The van der Waals surface area contributed by atoms with Gasteiger partial charge in [0.1, 0.15) is 13.1 Å². The standard InChI is InChI=1S/C28H52N2O8/c1-29(2,3)21-23(19-25(31)32)37-27(35)17-15-13-11-9-7-8-10-12-14-16-18-28(36)38-24(20-26(33)34)22-30(4,5)6/h23-24H,7-22H2,1-6H3/p+2. The van der Waals surface area contributed by atoms with Gasteiger partial charge in [0.2, 0.25) is 0 Å². The molecule has 0 aliphatic heterocycles. The number of hydrogen-bond donors (Lipinski definition) is 2. The number of carboxylic acids is 2. The molecule has 0 fully saturated rings. The molecule has 0 amide bonds. The molecule has 0 aromatic heterocycles. The van der Waals surface area contributed by atoms with Crippen LogP contribution in [-0.2, 0) is 28.7 Å². The summed E-state index contributed by atoms with van der Waals surface area (Å²) in [7, 11) is 11.6. The third-order valence-electron chi connectivity index (χ3n) is 5.92. The number of carboxylic acid groups (broad SMARTS) is 2. The maximum atomic E-state index is 12.1. The van der Waals surface area contributed by atoms with Crippen LogP contribution >= 0.6 is 0 Å². The fraction of sp³-hybridized carbons (Fsp3) is 0.857. The summed E-state index contributed by atoms with van der Waals surface area (Å²) in [6.07, 6.45) is 9.11. The monoisotopic (exact) mass is 546 g/mol. The van der Waals surface area contributed by atoms with E-state index >= 15 is 0 Å². The fourth-order valence-corrected chi connectivity index (χ4v) is 4.34. The summed E-state index contributed by atoms with van der Waals surface area (Å²) in [6.45, 7) is 0.929. The van der Waals surface area contributed by atoms with Crippen LogP contribution in [0.25, 0.3) is 0 Å². The zero-order valence-corrected chi connectivity index (χ0v) is 24.7. The van der Waals surface area contributed by atoms with Gasteiger partial charge in [0.15, 0.2) is 12.2 Å². The number of likely N-dealkylation sites (N-methyl/N-ethyl adjacent to an activating group) is 2. The van der Waals surface area contributed by atoms with Crippen molar-refractivity contribution in [3.8, 4) is 0 Å². The predicted octanol–water partition coefficient (Wildman–Crippen LogP) is 3.85. The quantitative estimate of drug-likeness (QED) is 0.112. The van der Waals surface area contributed by atoms with E-state index in [-0.39, 0.29) is 24.8 Å². The van der Waals surface area contributed by atoms with Crippen molar-refractivity contribution in [2.75, 3.05) is 55.4 Å². The molecule has 0 rings (SSSR count). The van der Waals surface area contributed by atoms with Crippen LogP contribution in [0, 0.1) is 0 Å². The Balaban J connectivity index is 3.83. The summed E-state index contributed by atoms with van der Waals surface area (Å²) >= 11 is 0. The lowest BCUT2D eigenvalue weighted by Crippen LogP contribution is -2.43. The van der Waals surface area contributed by atoms with E-state index in [2.05, 4.69) is 0 Å². The van der Waals surface area contributed by atoms with Gasteiger partial charge in [0.25, 0.3) is 0 Å². The molecule has 0 heterocycles. The Kier molecular flexibility index (Phi) is 17.9. The second-order valence-electron chi connectivity index (χ2n) is 12.4. The van der Waals surface area contributed by atoms with Gasteiger partial charge in [-0.2, -0.15) is 0 Å². The zero-order chi connectivity index (χ0) is 29.2. The molecular formula is C28H54N2O8+2. The van der Waals surface area contributed by atoms with Crippen LogP contribution in [0.3, 0.4) is 0 Å². The number of ether oxygens (including phenoxy) is 2. The van der Waals surface area contributed by atoms with Crippen LogP contribution in [0.5, 0.6) is 0 Å². The first-order valence-electron chi connectivity index (χ1n) is 14.0. The molecule has 0 saturated carbocycles. The van der Waals surface area contributed by atoms with Crippen LogP contribution in [0.4, 0.5) is 0 Å². The van der Waals surface area contributed by atoms with E-state index in [1.54, 1.807) is 0 Å². The minimum Gasteiger partial charge on any atom is -0.481 e. The first-order chi connectivity index (χ1) is 17.6. The fourth-order valence-electron chi connectivity index (χ4n) is 4.34. The number of aliphatic carboxylic acids is 2. The van der Waals surface area contributed by atoms with E-state index in [9.17, 15) is 19.2 Å². The predicted molar refractivity (Wildman–Crippen MR) is 145 cm³/mol. The molecule has 2 unspecified atom stereocenters. The van der Waals surface area contributed by atoms with Crippen molar-refractivity contribution in [3.63, 3.8) is 0 Å². The maximum absolute atomic E-state index is 12.1. The molecule has 2 N–H and O–H groups in total. The Bertz CT molecular complexity index is 653. The molecule has 0 spiro atoms. The van der Waals surface area contributed by atoms with Crippen molar-refractivity contribution in [3.05, 3.63) is 0 Å². The summed E-state index contributed by atoms with van der Waals surface area (Å²) in [4.78, 5) is 46.3. The summed E-state index contributed by atoms with van der Waals surface area (Å²) in [5.74, 6) is -2.56. The number of unbranched alkanes of at least 4 members (excludes halogenated alkanes) is 9.